The average Bonchev–Trinajstić information content (AvgIpc) is 3.31. The number of sulfonamides is 1. The maximum atomic E-state index is 13.1. The van der Waals surface area contributed by atoms with Crippen LogP contribution in [0.15, 0.2) is 53.4 Å². The van der Waals surface area contributed by atoms with E-state index in [2.05, 4.69) is 10.2 Å². The van der Waals surface area contributed by atoms with Crippen LogP contribution in [0.1, 0.15) is 31.2 Å². The summed E-state index contributed by atoms with van der Waals surface area (Å²) in [4.78, 5) is 26.7. The van der Waals surface area contributed by atoms with Crippen molar-refractivity contribution >= 4 is 33.2 Å². The van der Waals surface area contributed by atoms with Crippen LogP contribution in [0.5, 0.6) is 0 Å². The molecule has 0 spiro atoms. The fourth-order valence-corrected chi connectivity index (χ4v) is 6.20. The summed E-state index contributed by atoms with van der Waals surface area (Å²) in [6, 6.07) is 13.5. The number of piperidine rings is 1. The van der Waals surface area contributed by atoms with Crippen LogP contribution in [0.4, 0.5) is 11.4 Å². The number of nitrogens with one attached hydrogen (secondary N) is 1. The molecule has 2 aliphatic rings. The third-order valence-corrected chi connectivity index (χ3v) is 8.45. The first-order valence-electron chi connectivity index (χ1n) is 11.3. The van der Waals surface area contributed by atoms with Crippen molar-refractivity contribution in [1.29, 1.82) is 0 Å². The lowest BCUT2D eigenvalue weighted by Crippen LogP contribution is -2.43. The third kappa shape index (κ3) is 5.04. The molecule has 2 saturated heterocycles. The van der Waals surface area contributed by atoms with Crippen molar-refractivity contribution in [2.24, 2.45) is 11.7 Å². The van der Waals surface area contributed by atoms with Gasteiger partial charge >= 0.3 is 0 Å². The topological polar surface area (TPSA) is 113 Å². The fourth-order valence-electron chi connectivity index (χ4n) is 4.54. The second-order valence-electron chi connectivity index (χ2n) is 8.79. The minimum Gasteiger partial charge on any atom is -0.371 e. The molecule has 3 N–H and O–H groups in total. The predicted octanol–water partition coefficient (Wildman–Crippen LogP) is 2.49. The van der Waals surface area contributed by atoms with Gasteiger partial charge in [-0.05, 0) is 69.0 Å². The van der Waals surface area contributed by atoms with E-state index in [4.69, 9.17) is 5.73 Å². The van der Waals surface area contributed by atoms with Crippen LogP contribution >= 0.6 is 0 Å². The molecule has 2 aromatic carbocycles. The minimum atomic E-state index is -3.74. The molecular weight excluding hydrogens is 440 g/mol. The maximum Gasteiger partial charge on any atom is 0.243 e. The second kappa shape index (κ2) is 9.52. The summed E-state index contributed by atoms with van der Waals surface area (Å²) >= 11 is 0. The van der Waals surface area contributed by atoms with Gasteiger partial charge in [-0.2, -0.15) is 4.31 Å². The lowest BCUT2D eigenvalue weighted by atomic mass is 9.96. The summed E-state index contributed by atoms with van der Waals surface area (Å²) in [5.41, 5.74) is 8.02. The second-order valence-corrected chi connectivity index (χ2v) is 10.7. The number of nitrogens with zero attached hydrogens (tertiary/aromatic N) is 2. The first kappa shape index (κ1) is 23.3. The highest BCUT2D eigenvalue weighted by Gasteiger charge is 2.39. The first-order chi connectivity index (χ1) is 15.8. The van der Waals surface area contributed by atoms with E-state index in [1.165, 1.54) is 4.31 Å². The lowest BCUT2D eigenvalue weighted by Gasteiger charge is -2.32. The zero-order valence-corrected chi connectivity index (χ0v) is 19.6. The van der Waals surface area contributed by atoms with Crippen molar-refractivity contribution in [1.82, 2.24) is 4.31 Å². The minimum absolute atomic E-state index is 0.0645. The molecule has 2 aliphatic heterocycles. The van der Waals surface area contributed by atoms with Crippen LogP contribution in [-0.4, -0.2) is 50.2 Å². The molecule has 33 heavy (non-hydrogen) atoms. The Bertz CT molecular complexity index is 1110. The molecule has 0 radical (unpaired) electrons. The van der Waals surface area contributed by atoms with Gasteiger partial charge in [0, 0.05) is 36.9 Å². The van der Waals surface area contributed by atoms with E-state index >= 15 is 0 Å². The predicted molar refractivity (Wildman–Crippen MR) is 127 cm³/mol. The van der Waals surface area contributed by atoms with Gasteiger partial charge in [-0.25, -0.2) is 8.42 Å². The molecule has 2 aromatic rings. The van der Waals surface area contributed by atoms with E-state index in [-0.39, 0.29) is 22.6 Å². The Hall–Kier alpha value is -2.91. The number of nitrogens with two attached hydrogens (primary N) is 1. The van der Waals surface area contributed by atoms with Crippen LogP contribution in [0.3, 0.4) is 0 Å². The molecule has 176 valence electrons. The van der Waals surface area contributed by atoms with Gasteiger partial charge < -0.3 is 16.0 Å². The number of benzene rings is 2. The number of rotatable bonds is 6. The first-order valence-corrected chi connectivity index (χ1v) is 12.7. The summed E-state index contributed by atoms with van der Waals surface area (Å²) in [5.74, 6) is -0.623. The standard InChI is InChI=1S/C24H30N4O4S/c1-17-4-10-21(11-5-17)33(31,32)28-14-2-3-22(28)24(30)26-19-6-8-20(9-7-19)27-15-12-18(13-16-27)23(25)29/h4-11,18,22H,2-3,12-16H2,1H3,(H2,25,29)(H,26,30)/t22-/m0/s1. The smallest absolute Gasteiger partial charge is 0.243 e. The zero-order valence-electron chi connectivity index (χ0n) is 18.7. The van der Waals surface area contributed by atoms with Gasteiger partial charge in [0.25, 0.3) is 0 Å². The molecule has 0 aromatic heterocycles. The van der Waals surface area contributed by atoms with Gasteiger partial charge in [-0.1, -0.05) is 17.7 Å². The molecule has 2 fully saturated rings. The molecule has 2 amide bonds. The quantitative estimate of drug-likeness (QED) is 0.674. The van der Waals surface area contributed by atoms with Gasteiger partial charge in [0.2, 0.25) is 21.8 Å². The highest BCUT2D eigenvalue weighted by molar-refractivity contribution is 7.89. The molecule has 4 rings (SSSR count). The third-order valence-electron chi connectivity index (χ3n) is 6.53. The van der Waals surface area contributed by atoms with Crippen LogP contribution < -0.4 is 16.0 Å². The maximum absolute atomic E-state index is 13.1. The molecule has 0 unspecified atom stereocenters. The van der Waals surface area contributed by atoms with Crippen molar-refractivity contribution in [2.45, 2.75) is 43.5 Å². The van der Waals surface area contributed by atoms with Crippen molar-refractivity contribution in [2.75, 3.05) is 29.9 Å². The van der Waals surface area contributed by atoms with Gasteiger partial charge in [-0.15, -0.1) is 0 Å². The van der Waals surface area contributed by atoms with E-state index in [1.54, 1.807) is 24.3 Å². The van der Waals surface area contributed by atoms with Gasteiger partial charge in [-0.3, -0.25) is 9.59 Å². The van der Waals surface area contributed by atoms with Crippen molar-refractivity contribution in [3.8, 4) is 0 Å². The number of aryl methyl sites for hydroxylation is 1. The normalized spacial score (nSPS) is 20.0. The monoisotopic (exact) mass is 470 g/mol. The van der Waals surface area contributed by atoms with Crippen LogP contribution in [0.2, 0.25) is 0 Å². The van der Waals surface area contributed by atoms with Crippen molar-refractivity contribution in [3.63, 3.8) is 0 Å². The highest BCUT2D eigenvalue weighted by atomic mass is 32.2. The van der Waals surface area contributed by atoms with Crippen molar-refractivity contribution < 1.29 is 18.0 Å². The number of hydrogen-bond acceptors (Lipinski definition) is 5. The Labute approximate surface area is 194 Å². The molecule has 8 nitrogen and oxygen atoms in total. The Kier molecular flexibility index (Phi) is 6.71. The van der Waals surface area contributed by atoms with E-state index in [0.29, 0.717) is 25.1 Å². The zero-order chi connectivity index (χ0) is 23.6. The molecule has 1 atom stereocenters. The Morgan fingerprint density at radius 1 is 0.939 bits per heavy atom. The van der Waals surface area contributed by atoms with E-state index in [0.717, 1.165) is 37.2 Å². The molecular formula is C24H30N4O4S. The van der Waals surface area contributed by atoms with Gasteiger partial charge in [0.15, 0.2) is 0 Å². The van der Waals surface area contributed by atoms with E-state index in [9.17, 15) is 18.0 Å². The SMILES string of the molecule is Cc1ccc(S(=O)(=O)N2CCC[C@H]2C(=O)Nc2ccc(N3CCC(C(N)=O)CC3)cc2)cc1. The number of carbonyl (C=O) groups is 2. The average molecular weight is 471 g/mol. The number of anilines is 2. The van der Waals surface area contributed by atoms with Gasteiger partial charge in [0.05, 0.1) is 4.90 Å². The summed E-state index contributed by atoms with van der Waals surface area (Å²) in [7, 11) is -3.74. The Morgan fingerprint density at radius 3 is 2.18 bits per heavy atom. The lowest BCUT2D eigenvalue weighted by molar-refractivity contribution is -0.122. The summed E-state index contributed by atoms with van der Waals surface area (Å²) in [6.45, 7) is 3.74. The molecule has 0 aliphatic carbocycles. The Morgan fingerprint density at radius 2 is 1.58 bits per heavy atom. The largest absolute Gasteiger partial charge is 0.371 e. The highest BCUT2D eigenvalue weighted by Crippen LogP contribution is 2.28. The summed E-state index contributed by atoms with van der Waals surface area (Å²) in [6.07, 6.45) is 2.61. The van der Waals surface area contributed by atoms with Crippen molar-refractivity contribution in [3.05, 3.63) is 54.1 Å². The molecule has 2 heterocycles. The van der Waals surface area contributed by atoms with Crippen LogP contribution in [0, 0.1) is 12.8 Å². The summed E-state index contributed by atoms with van der Waals surface area (Å²) < 4.78 is 27.5. The van der Waals surface area contributed by atoms with Crippen LogP contribution in [0.25, 0.3) is 0 Å². The molecule has 0 saturated carbocycles. The van der Waals surface area contributed by atoms with Crippen LogP contribution in [-0.2, 0) is 19.6 Å². The number of hydrogen-bond donors (Lipinski definition) is 2. The van der Waals surface area contributed by atoms with E-state index < -0.39 is 16.1 Å². The number of amides is 2. The Balaban J connectivity index is 1.40. The molecule has 0 bridgehead atoms. The number of carbonyl (C=O) groups excluding carboxylic acids is 2. The summed E-state index contributed by atoms with van der Waals surface area (Å²) in [5, 5.41) is 2.87. The number of primary amides is 1. The van der Waals surface area contributed by atoms with E-state index in [1.807, 2.05) is 31.2 Å². The molecule has 9 heteroatoms. The fraction of sp³-hybridized carbons (Fsp3) is 0.417. The van der Waals surface area contributed by atoms with Gasteiger partial charge in [0.1, 0.15) is 6.04 Å².